The highest BCUT2D eigenvalue weighted by Crippen LogP contribution is 2.26. The van der Waals surface area contributed by atoms with Gasteiger partial charge in [-0.25, -0.2) is 9.59 Å². The third kappa shape index (κ3) is 41.4. The molecule has 0 aromatic heterocycles. The van der Waals surface area contributed by atoms with Crippen molar-refractivity contribution in [2.45, 2.75) is 218 Å². The molecule has 1 aliphatic rings. The van der Waals surface area contributed by atoms with Crippen molar-refractivity contribution in [2.75, 3.05) is 51.0 Å². The van der Waals surface area contributed by atoms with Crippen molar-refractivity contribution in [2.24, 2.45) is 46.6 Å². The molecule has 0 saturated carbocycles. The van der Waals surface area contributed by atoms with Crippen LogP contribution < -0.4 is 118 Å². The van der Waals surface area contributed by atoms with Crippen LogP contribution in [0.1, 0.15) is 164 Å². The number of ether oxygens (including phenoxy) is 2. The van der Waals surface area contributed by atoms with E-state index >= 15 is 0 Å². The van der Waals surface area contributed by atoms with Crippen LogP contribution in [-0.4, -0.2) is 230 Å². The quantitative estimate of drug-likeness (QED) is 0.0326. The number of halogens is 6. The van der Waals surface area contributed by atoms with Gasteiger partial charge in [-0.2, -0.15) is 26.3 Å². The van der Waals surface area contributed by atoms with Gasteiger partial charge in [0.15, 0.2) is 0 Å². The fraction of sp³-hybridized carbons (Fsp3) is 0.512. The summed E-state index contributed by atoms with van der Waals surface area (Å²) in [6.07, 6.45) is -8.33. The lowest BCUT2D eigenvalue weighted by molar-refractivity contribution is -0.193. The molecule has 5 rings (SSSR count). The average molecular weight is 1900 g/mol. The van der Waals surface area contributed by atoms with Crippen molar-refractivity contribution in [1.82, 2.24) is 74.9 Å². The lowest BCUT2D eigenvalue weighted by atomic mass is 10.00. The number of benzene rings is 4. The number of aliphatic carboxylic acids is 2. The van der Waals surface area contributed by atoms with Gasteiger partial charge in [0, 0.05) is 37.3 Å². The highest BCUT2D eigenvalue weighted by atomic mass is 19.4. The summed E-state index contributed by atoms with van der Waals surface area (Å²) in [4.78, 5) is 241. The highest BCUT2D eigenvalue weighted by molar-refractivity contribution is 6.40. The SMILES string of the molecule is COc1ccc2cc1C(=O)NNC(=O)[C@H](Cc1ccccc1)NC(=O)[C@H](C(C)C)NC(=O)[C@@H](N)CCCNC(=O)[C@H](CCCCN)NC(=O)[C@H](CC(C)C)NC(=O)C(=O)Nc1ccc(OC)c(c1)C(=O)NNC(=O)[C@H](Cc1ccccc1)NC(=O)[C@H](C(C)C)NC(=O)[C@@H](N)CCCNC(=O)[C@H](CCCCN)NC(=O)[C@H](CC(C)C)NC(=O)C(=O)N2.O=C(O)C(F)(F)F.O=C(O)C(F)(F)F. The Morgan fingerprint density at radius 1 is 0.388 bits per heavy atom. The number of hydrazine groups is 2. The van der Waals surface area contributed by atoms with Crippen LogP contribution in [0.15, 0.2) is 97.1 Å². The number of nitrogens with one attached hydrogen (secondary N) is 16. The maximum atomic E-state index is 14.2. The number of carbonyl (C=O) groups is 18. The molecule has 0 fully saturated rings. The Kier molecular flexibility index (Phi) is 49.2. The molecule has 134 heavy (non-hydrogen) atoms. The second-order valence-corrected chi connectivity index (χ2v) is 32.3. The van der Waals surface area contributed by atoms with E-state index in [9.17, 15) is 103 Å². The van der Waals surface area contributed by atoms with Crippen molar-refractivity contribution in [3.63, 3.8) is 0 Å². The molecular weight excluding hydrogens is 1780 g/mol. The summed E-state index contributed by atoms with van der Waals surface area (Å²) in [6.45, 7) is 14.0. The summed E-state index contributed by atoms with van der Waals surface area (Å²) in [5.41, 5.74) is 34.0. The maximum absolute atomic E-state index is 14.2. The van der Waals surface area contributed by atoms with E-state index in [2.05, 4.69) is 85.5 Å². The Morgan fingerprint density at radius 3 is 1.00 bits per heavy atom. The molecule has 26 N–H and O–H groups in total. The van der Waals surface area contributed by atoms with E-state index in [0.29, 0.717) is 36.8 Å². The van der Waals surface area contributed by atoms with Crippen molar-refractivity contribution in [3.8, 4) is 11.5 Å². The zero-order valence-corrected chi connectivity index (χ0v) is 75.7. The second kappa shape index (κ2) is 57.6. The largest absolute Gasteiger partial charge is 0.496 e. The molecule has 1 heterocycles. The van der Waals surface area contributed by atoms with E-state index in [1.807, 2.05) is 0 Å². The summed E-state index contributed by atoms with van der Waals surface area (Å²) in [5, 5.41) is 45.5. The number of fused-ring (bicyclic) bond motifs is 4. The van der Waals surface area contributed by atoms with Gasteiger partial charge in [-0.3, -0.25) is 98.4 Å². The number of methoxy groups -OCH3 is 2. The van der Waals surface area contributed by atoms with E-state index in [-0.39, 0.29) is 136 Å². The average Bonchev–Trinajstić information content (AvgIpc) is 0.832. The Balaban J connectivity index is 0.00000304. The molecule has 0 spiro atoms. The number of hydrogen-bond donors (Lipinski definition) is 22. The molecule has 740 valence electrons. The standard InChI is InChI=1S/C82H120N20O18.2C2HF3O2/c1-45(2)39-59-73(109)91-57(29-17-19-35-83)71(107)87-37-21-27-55(85)69(105)97-65(47(5)6)77(113)94-62(42-50-25-15-12-16-26-50)76(112)102-100-68(104)54-44-52(32-34-64(54)120-10)90-80(116)82(118)96-60(40-46(3)4)74(110)92-58(30-18-20-36-84)72(108)88-38-22-28-56(86)70(106)98-66(48(7)8)78(114)93-61(41-49-23-13-11-14-24-49)75(111)101-99-67(103)53-43-51(31-33-63(53)119-9)89-79(115)81(117)95-59;2*3-2(4,5)1(6)7/h11-16,23-26,31-34,43-48,55-62,65-66H,17-22,27-30,35-42,83-86H2,1-10H3,(H,87,107)(H,88,108)(H,89,115)(H,90,116)(H,91,109)(H,92,110)(H,93,114)(H,94,113)(H,95,117)(H,96,118)(H,97,105)(H,98,106)(H,99,103)(H,100,104)(H,101,111)(H,102,112);2*(H,6,7)/t55-,56-,57-,58-,59-,60-,61-,62-,65-,66-;;/m0../s1. The van der Waals surface area contributed by atoms with Gasteiger partial charge in [-0.1, -0.05) is 116 Å². The van der Waals surface area contributed by atoms with Gasteiger partial charge in [-0.05, 0) is 161 Å². The zero-order valence-electron chi connectivity index (χ0n) is 75.7. The van der Waals surface area contributed by atoms with E-state index in [1.165, 1.54) is 38.5 Å². The van der Waals surface area contributed by atoms with Gasteiger partial charge in [-0.15, -0.1) is 0 Å². The topological polar surface area (TPSA) is 663 Å². The molecule has 42 nitrogen and oxygen atoms in total. The summed E-state index contributed by atoms with van der Waals surface area (Å²) < 4.78 is 74.3. The predicted molar refractivity (Wildman–Crippen MR) is 472 cm³/mol. The van der Waals surface area contributed by atoms with Crippen molar-refractivity contribution < 1.29 is 132 Å². The first-order chi connectivity index (χ1) is 63.0. The van der Waals surface area contributed by atoms with Gasteiger partial charge >= 0.3 is 47.9 Å². The summed E-state index contributed by atoms with van der Waals surface area (Å²) >= 11 is 0. The minimum Gasteiger partial charge on any atom is -0.496 e. The van der Waals surface area contributed by atoms with E-state index < -0.39 is 191 Å². The fourth-order valence-electron chi connectivity index (χ4n) is 12.6. The number of carbonyl (C=O) groups excluding carboxylic acids is 16. The zero-order chi connectivity index (χ0) is 101. The van der Waals surface area contributed by atoms with Crippen LogP contribution in [0.3, 0.4) is 0 Å². The number of rotatable bonds is 20. The van der Waals surface area contributed by atoms with Crippen LogP contribution in [0.4, 0.5) is 37.7 Å². The molecule has 0 aliphatic carbocycles. The monoisotopic (exact) mass is 1900 g/mol. The number of carboxylic acids is 2. The lowest BCUT2D eigenvalue weighted by Gasteiger charge is -2.26. The maximum Gasteiger partial charge on any atom is 0.490 e. The van der Waals surface area contributed by atoms with Crippen LogP contribution in [-0.2, 0) is 89.6 Å². The Hall–Kier alpha value is -13.6. The van der Waals surface area contributed by atoms with Crippen LogP contribution in [0, 0.1) is 23.7 Å². The minimum atomic E-state index is -5.08. The van der Waals surface area contributed by atoms with Gasteiger partial charge in [0.25, 0.3) is 23.6 Å². The smallest absolute Gasteiger partial charge is 0.490 e. The normalized spacial score (nSPS) is 21.1. The van der Waals surface area contributed by atoms with Crippen LogP contribution >= 0.6 is 0 Å². The van der Waals surface area contributed by atoms with Crippen LogP contribution in [0.25, 0.3) is 0 Å². The Bertz CT molecular complexity index is 4370. The van der Waals surface area contributed by atoms with Crippen molar-refractivity contribution in [1.29, 1.82) is 0 Å². The number of hydrogen-bond acceptors (Lipinski definition) is 24. The number of anilines is 2. The van der Waals surface area contributed by atoms with E-state index in [1.54, 1.807) is 116 Å². The van der Waals surface area contributed by atoms with Gasteiger partial charge in [0.2, 0.25) is 47.3 Å². The first kappa shape index (κ1) is 115. The van der Waals surface area contributed by atoms with Crippen molar-refractivity contribution >= 4 is 118 Å². The van der Waals surface area contributed by atoms with Crippen LogP contribution in [0.5, 0.6) is 11.5 Å². The molecule has 1 aliphatic heterocycles. The van der Waals surface area contributed by atoms with Gasteiger partial charge < -0.3 is 106 Å². The molecule has 4 aromatic rings. The van der Waals surface area contributed by atoms with E-state index in [0.717, 1.165) is 12.1 Å². The molecule has 0 unspecified atom stereocenters. The number of alkyl halides is 6. The highest BCUT2D eigenvalue weighted by Gasteiger charge is 2.41. The molecular formula is C86H122F6N20O22. The van der Waals surface area contributed by atoms with E-state index in [4.69, 9.17) is 52.2 Å². The van der Waals surface area contributed by atoms with Gasteiger partial charge in [0.1, 0.15) is 59.8 Å². The number of amides is 16. The third-order valence-corrected chi connectivity index (χ3v) is 19.7. The summed E-state index contributed by atoms with van der Waals surface area (Å²) in [6, 6.07) is 11.6. The summed E-state index contributed by atoms with van der Waals surface area (Å²) in [5.74, 6) is -22.2. The lowest BCUT2D eigenvalue weighted by Crippen LogP contribution is -2.59. The molecule has 4 bridgehead atoms. The summed E-state index contributed by atoms with van der Waals surface area (Å²) in [7, 11) is 2.49. The van der Waals surface area contributed by atoms with Gasteiger partial charge in [0.05, 0.1) is 37.4 Å². The first-order valence-electron chi connectivity index (χ1n) is 42.7. The molecule has 0 saturated heterocycles. The molecule has 16 amide bonds. The first-order valence-corrected chi connectivity index (χ1v) is 42.7. The fourth-order valence-corrected chi connectivity index (χ4v) is 12.6. The molecule has 48 heteroatoms. The minimum absolute atomic E-state index is 0.00277. The predicted octanol–water partition coefficient (Wildman–Crippen LogP) is 0.557. The number of carboxylic acid groups (broad SMARTS) is 2. The molecule has 0 radical (unpaired) electrons. The Morgan fingerprint density at radius 2 is 0.709 bits per heavy atom. The second-order valence-electron chi connectivity index (χ2n) is 32.3. The number of nitrogens with two attached hydrogens (primary N) is 4. The van der Waals surface area contributed by atoms with Crippen LogP contribution in [0.2, 0.25) is 0 Å². The third-order valence-electron chi connectivity index (χ3n) is 19.7. The Labute approximate surface area is 768 Å². The number of unbranched alkanes of at least 4 members (excludes halogenated alkanes) is 2. The molecule has 10 atom stereocenters. The van der Waals surface area contributed by atoms with Crippen molar-refractivity contribution in [3.05, 3.63) is 119 Å². The molecule has 4 aromatic carbocycles.